The van der Waals surface area contributed by atoms with Gasteiger partial charge < -0.3 is 9.15 Å². The Morgan fingerprint density at radius 2 is 1.84 bits per heavy atom. The van der Waals surface area contributed by atoms with Crippen LogP contribution in [0.1, 0.15) is 0 Å². The molecule has 0 unspecified atom stereocenters. The van der Waals surface area contributed by atoms with E-state index in [0.29, 0.717) is 29.2 Å². The average molecular weight is 275 g/mol. The maximum absolute atomic E-state index is 11.9. The Morgan fingerprint density at radius 3 is 2.63 bits per heavy atom. The molecule has 0 bridgehead atoms. The third kappa shape index (κ3) is 2.17. The second-order valence-electron chi connectivity index (χ2n) is 4.13. The predicted molar refractivity (Wildman–Crippen MR) is 76.2 cm³/mol. The number of rotatable bonds is 3. The van der Waals surface area contributed by atoms with Crippen molar-refractivity contribution in [1.29, 1.82) is 0 Å². The van der Waals surface area contributed by atoms with Crippen LogP contribution in [0.25, 0.3) is 21.7 Å². The van der Waals surface area contributed by atoms with E-state index in [1.165, 1.54) is 0 Å². The highest BCUT2D eigenvalue weighted by Crippen LogP contribution is 2.26. The van der Waals surface area contributed by atoms with Gasteiger partial charge in [0.2, 0.25) is 0 Å². The van der Waals surface area contributed by atoms with Crippen molar-refractivity contribution in [2.75, 3.05) is 12.5 Å². The van der Waals surface area contributed by atoms with E-state index in [9.17, 15) is 4.79 Å². The summed E-state index contributed by atoms with van der Waals surface area (Å²) in [6, 6.07) is 12.9. The van der Waals surface area contributed by atoms with Gasteiger partial charge in [0, 0.05) is 11.5 Å². The largest absolute Gasteiger partial charge is 0.492 e. The van der Waals surface area contributed by atoms with Crippen LogP contribution in [0.15, 0.2) is 51.7 Å². The lowest BCUT2D eigenvalue weighted by Gasteiger charge is -2.06. The van der Waals surface area contributed by atoms with E-state index < -0.39 is 0 Å². The molecule has 1 aromatic heterocycles. The summed E-state index contributed by atoms with van der Waals surface area (Å²) in [5.41, 5.74) is 0.188. The Bertz CT molecular complexity index is 792. The molecule has 0 fully saturated rings. The van der Waals surface area contributed by atoms with Crippen LogP contribution in [0.2, 0.25) is 0 Å². The van der Waals surface area contributed by atoms with Gasteiger partial charge in [0.1, 0.15) is 17.9 Å². The Morgan fingerprint density at radius 1 is 1.05 bits per heavy atom. The second-order valence-corrected chi connectivity index (χ2v) is 4.51. The normalized spacial score (nSPS) is 11.0. The van der Waals surface area contributed by atoms with Crippen molar-refractivity contribution in [2.45, 2.75) is 0 Å². The smallest absolute Gasteiger partial charge is 0.344 e. The molecule has 0 aliphatic rings. The molecule has 3 aromatic rings. The van der Waals surface area contributed by atoms with Gasteiger partial charge in [-0.05, 0) is 23.6 Å². The molecule has 1 heterocycles. The minimum atomic E-state index is -0.336. The zero-order valence-electron chi connectivity index (χ0n) is 10.1. The molecular weight excluding hydrogens is 264 g/mol. The zero-order valence-corrected chi connectivity index (χ0v) is 10.8. The van der Waals surface area contributed by atoms with Crippen LogP contribution in [0.5, 0.6) is 5.75 Å². The van der Waals surface area contributed by atoms with E-state index in [4.69, 9.17) is 20.8 Å². The van der Waals surface area contributed by atoms with Gasteiger partial charge in [-0.3, -0.25) is 0 Å². The molecular formula is C15H11ClO3. The van der Waals surface area contributed by atoms with E-state index in [-0.39, 0.29) is 5.63 Å². The zero-order chi connectivity index (χ0) is 13.2. The van der Waals surface area contributed by atoms with Crippen molar-refractivity contribution in [2.24, 2.45) is 0 Å². The maximum Gasteiger partial charge on any atom is 0.344 e. The molecule has 0 atom stereocenters. The first kappa shape index (κ1) is 12.1. The molecule has 19 heavy (non-hydrogen) atoms. The molecule has 4 heteroatoms. The number of alkyl halides is 1. The summed E-state index contributed by atoms with van der Waals surface area (Å²) in [6.07, 6.45) is 0. The van der Waals surface area contributed by atoms with Crippen LogP contribution < -0.4 is 10.4 Å². The molecule has 0 aliphatic carbocycles. The molecule has 2 aromatic carbocycles. The molecule has 0 aliphatic heterocycles. The quantitative estimate of drug-likeness (QED) is 0.416. The van der Waals surface area contributed by atoms with Crippen LogP contribution in [0, 0.1) is 0 Å². The molecule has 3 rings (SSSR count). The topological polar surface area (TPSA) is 39.4 Å². The summed E-state index contributed by atoms with van der Waals surface area (Å²) < 4.78 is 10.7. The molecule has 0 saturated heterocycles. The minimum Gasteiger partial charge on any atom is -0.492 e. The lowest BCUT2D eigenvalue weighted by Crippen LogP contribution is -2.01. The maximum atomic E-state index is 11.9. The highest BCUT2D eigenvalue weighted by atomic mass is 35.5. The summed E-state index contributed by atoms with van der Waals surface area (Å²) in [6.45, 7) is 0.422. The summed E-state index contributed by atoms with van der Waals surface area (Å²) in [5, 5.41) is 2.37. The van der Waals surface area contributed by atoms with E-state index in [1.807, 2.05) is 30.3 Å². The van der Waals surface area contributed by atoms with E-state index in [2.05, 4.69) is 0 Å². The lowest BCUT2D eigenvalue weighted by molar-refractivity contribution is 0.342. The number of hydrogen-bond acceptors (Lipinski definition) is 3. The first-order chi connectivity index (χ1) is 9.29. The highest BCUT2D eigenvalue weighted by Gasteiger charge is 2.07. The molecule has 3 nitrogen and oxygen atoms in total. The van der Waals surface area contributed by atoms with Crippen molar-refractivity contribution in [3.05, 3.63) is 52.9 Å². The fraction of sp³-hybridized carbons (Fsp3) is 0.133. The number of benzene rings is 2. The average Bonchev–Trinajstić information content (AvgIpc) is 2.45. The number of ether oxygens (including phenoxy) is 1. The summed E-state index contributed by atoms with van der Waals surface area (Å²) >= 11 is 5.57. The number of fused-ring (bicyclic) bond motifs is 3. The fourth-order valence-corrected chi connectivity index (χ4v) is 2.18. The van der Waals surface area contributed by atoms with Crippen molar-refractivity contribution < 1.29 is 9.15 Å². The molecule has 0 radical (unpaired) electrons. The van der Waals surface area contributed by atoms with Gasteiger partial charge in [0.05, 0.1) is 11.3 Å². The Hall–Kier alpha value is -2.00. The molecule has 0 spiro atoms. The van der Waals surface area contributed by atoms with Crippen molar-refractivity contribution in [3.8, 4) is 5.75 Å². The van der Waals surface area contributed by atoms with Crippen LogP contribution in [0.3, 0.4) is 0 Å². The van der Waals surface area contributed by atoms with Gasteiger partial charge in [0.25, 0.3) is 0 Å². The first-order valence-electron chi connectivity index (χ1n) is 5.94. The van der Waals surface area contributed by atoms with E-state index >= 15 is 0 Å². The Balaban J connectivity index is 2.25. The predicted octanol–water partition coefficient (Wildman–Crippen LogP) is 3.56. The SMILES string of the molecule is O=c1oc2cc(OCCCl)ccc2c2ccccc12. The van der Waals surface area contributed by atoms with Crippen molar-refractivity contribution >= 4 is 33.3 Å². The molecule has 96 valence electrons. The lowest BCUT2D eigenvalue weighted by atomic mass is 10.1. The fourth-order valence-electron chi connectivity index (χ4n) is 2.11. The molecule has 0 N–H and O–H groups in total. The van der Waals surface area contributed by atoms with Gasteiger partial charge in [0.15, 0.2) is 0 Å². The third-order valence-electron chi connectivity index (χ3n) is 2.94. The van der Waals surface area contributed by atoms with Crippen molar-refractivity contribution in [1.82, 2.24) is 0 Å². The summed E-state index contributed by atoms with van der Waals surface area (Å²) in [5.74, 6) is 1.06. The van der Waals surface area contributed by atoms with E-state index in [1.54, 1.807) is 12.1 Å². The standard InChI is InChI=1S/C15H11ClO3/c16-7-8-18-10-5-6-12-11-3-1-2-4-13(11)15(17)19-14(12)9-10/h1-6,9H,7-8H2. The third-order valence-corrected chi connectivity index (χ3v) is 3.09. The van der Waals surface area contributed by atoms with Crippen LogP contribution in [-0.2, 0) is 0 Å². The van der Waals surface area contributed by atoms with Gasteiger partial charge in [-0.25, -0.2) is 4.79 Å². The van der Waals surface area contributed by atoms with Gasteiger partial charge >= 0.3 is 5.63 Å². The highest BCUT2D eigenvalue weighted by molar-refractivity contribution is 6.18. The van der Waals surface area contributed by atoms with Gasteiger partial charge in [-0.1, -0.05) is 18.2 Å². The van der Waals surface area contributed by atoms with Crippen molar-refractivity contribution in [3.63, 3.8) is 0 Å². The Labute approximate surface area is 114 Å². The number of halogens is 1. The molecule has 0 saturated carbocycles. The first-order valence-corrected chi connectivity index (χ1v) is 6.47. The summed E-state index contributed by atoms with van der Waals surface area (Å²) in [7, 11) is 0. The minimum absolute atomic E-state index is 0.336. The van der Waals surface area contributed by atoms with Crippen LogP contribution >= 0.6 is 11.6 Å². The second kappa shape index (κ2) is 4.94. The van der Waals surface area contributed by atoms with Gasteiger partial charge in [-0.15, -0.1) is 11.6 Å². The van der Waals surface area contributed by atoms with E-state index in [0.717, 1.165) is 10.8 Å². The monoisotopic (exact) mass is 274 g/mol. The number of hydrogen-bond donors (Lipinski definition) is 0. The summed E-state index contributed by atoms with van der Waals surface area (Å²) in [4.78, 5) is 11.9. The molecule has 0 amide bonds. The van der Waals surface area contributed by atoms with Crippen LogP contribution in [0.4, 0.5) is 0 Å². The Kier molecular flexibility index (Phi) is 3.13. The van der Waals surface area contributed by atoms with Gasteiger partial charge in [-0.2, -0.15) is 0 Å². The van der Waals surface area contributed by atoms with Crippen LogP contribution in [-0.4, -0.2) is 12.5 Å².